The highest BCUT2D eigenvalue weighted by atomic mass is 16.5. The Hall–Kier alpha value is -2.82. The van der Waals surface area contributed by atoms with Gasteiger partial charge in [0.05, 0.1) is 24.8 Å². The number of carbonyl (C=O) groups excluding carboxylic acids is 2. The van der Waals surface area contributed by atoms with Crippen molar-refractivity contribution in [3.05, 3.63) is 60.2 Å². The molecule has 1 atom stereocenters. The van der Waals surface area contributed by atoms with E-state index in [9.17, 15) is 9.59 Å². The summed E-state index contributed by atoms with van der Waals surface area (Å²) in [5, 5.41) is 5.71. The Labute approximate surface area is 148 Å². The van der Waals surface area contributed by atoms with Crippen LogP contribution in [0.5, 0.6) is 5.75 Å². The molecule has 2 N–H and O–H groups in total. The van der Waals surface area contributed by atoms with Crippen LogP contribution in [-0.4, -0.2) is 18.4 Å². The molecule has 132 valence electrons. The first-order valence-corrected chi connectivity index (χ1v) is 8.44. The van der Waals surface area contributed by atoms with E-state index in [2.05, 4.69) is 10.6 Å². The Morgan fingerprint density at radius 1 is 1.04 bits per heavy atom. The second-order valence-electron chi connectivity index (χ2n) is 5.76. The summed E-state index contributed by atoms with van der Waals surface area (Å²) in [5.74, 6) is 0.289. The van der Waals surface area contributed by atoms with Gasteiger partial charge in [-0.2, -0.15) is 0 Å². The van der Waals surface area contributed by atoms with E-state index in [1.807, 2.05) is 55.5 Å². The first kappa shape index (κ1) is 18.5. The molecule has 5 nitrogen and oxygen atoms in total. The zero-order chi connectivity index (χ0) is 18.1. The predicted octanol–water partition coefficient (Wildman–Crippen LogP) is 3.68. The SMILES string of the molecule is CCCOc1ccccc1NC(=O)CC(NC(C)=O)c1ccccc1. The van der Waals surface area contributed by atoms with E-state index in [0.29, 0.717) is 18.0 Å². The third-order valence-corrected chi connectivity index (χ3v) is 3.59. The summed E-state index contributed by atoms with van der Waals surface area (Å²) >= 11 is 0. The second-order valence-corrected chi connectivity index (χ2v) is 5.76. The fraction of sp³-hybridized carbons (Fsp3) is 0.300. The first-order chi connectivity index (χ1) is 12.1. The van der Waals surface area contributed by atoms with E-state index in [0.717, 1.165) is 12.0 Å². The molecule has 0 bridgehead atoms. The van der Waals surface area contributed by atoms with E-state index >= 15 is 0 Å². The summed E-state index contributed by atoms with van der Waals surface area (Å²) in [4.78, 5) is 24.0. The molecule has 25 heavy (non-hydrogen) atoms. The Bertz CT molecular complexity index is 701. The van der Waals surface area contributed by atoms with Gasteiger partial charge in [-0.15, -0.1) is 0 Å². The van der Waals surface area contributed by atoms with Crippen LogP contribution in [0.1, 0.15) is 38.3 Å². The molecule has 0 saturated heterocycles. The van der Waals surface area contributed by atoms with Crippen molar-refractivity contribution in [2.45, 2.75) is 32.7 Å². The number of ether oxygens (including phenoxy) is 1. The van der Waals surface area contributed by atoms with Gasteiger partial charge in [0.25, 0.3) is 0 Å². The largest absolute Gasteiger partial charge is 0.491 e. The molecule has 1 unspecified atom stereocenters. The van der Waals surface area contributed by atoms with Gasteiger partial charge in [-0.25, -0.2) is 0 Å². The predicted molar refractivity (Wildman–Crippen MR) is 98.5 cm³/mol. The lowest BCUT2D eigenvalue weighted by Gasteiger charge is -2.19. The van der Waals surface area contributed by atoms with Crippen LogP contribution in [0.2, 0.25) is 0 Å². The van der Waals surface area contributed by atoms with Crippen molar-refractivity contribution in [3.8, 4) is 5.75 Å². The molecule has 5 heteroatoms. The Morgan fingerprint density at radius 3 is 2.40 bits per heavy atom. The van der Waals surface area contributed by atoms with Gasteiger partial charge in [-0.3, -0.25) is 9.59 Å². The lowest BCUT2D eigenvalue weighted by Crippen LogP contribution is -2.29. The average Bonchev–Trinajstić information content (AvgIpc) is 2.61. The van der Waals surface area contributed by atoms with Crippen LogP contribution in [0.25, 0.3) is 0 Å². The molecule has 0 fully saturated rings. The monoisotopic (exact) mass is 340 g/mol. The summed E-state index contributed by atoms with van der Waals surface area (Å²) in [6.07, 6.45) is 1.03. The summed E-state index contributed by atoms with van der Waals surface area (Å²) in [6.45, 7) is 4.06. The minimum absolute atomic E-state index is 0.145. The molecule has 0 spiro atoms. The third kappa shape index (κ3) is 5.95. The molecule has 0 aliphatic carbocycles. The quantitative estimate of drug-likeness (QED) is 0.770. The standard InChI is InChI=1S/C20H24N2O3/c1-3-13-25-19-12-8-7-11-17(19)22-20(24)14-18(21-15(2)23)16-9-5-4-6-10-16/h4-12,18H,3,13-14H2,1-2H3,(H,21,23)(H,22,24). The van der Waals surface area contributed by atoms with E-state index in [4.69, 9.17) is 4.74 Å². The van der Waals surface area contributed by atoms with Crippen molar-refractivity contribution in [2.24, 2.45) is 0 Å². The first-order valence-electron chi connectivity index (χ1n) is 8.44. The second kappa shape index (κ2) is 9.47. The molecule has 0 saturated carbocycles. The van der Waals surface area contributed by atoms with E-state index in [-0.39, 0.29) is 24.3 Å². The van der Waals surface area contributed by atoms with Gasteiger partial charge in [-0.05, 0) is 24.1 Å². The van der Waals surface area contributed by atoms with Gasteiger partial charge in [0, 0.05) is 6.92 Å². The molecule has 2 aromatic rings. The van der Waals surface area contributed by atoms with Crippen LogP contribution in [0, 0.1) is 0 Å². The van der Waals surface area contributed by atoms with Crippen LogP contribution >= 0.6 is 0 Å². The number of benzene rings is 2. The van der Waals surface area contributed by atoms with Gasteiger partial charge >= 0.3 is 0 Å². The normalized spacial score (nSPS) is 11.4. The van der Waals surface area contributed by atoms with Gasteiger partial charge in [-0.1, -0.05) is 49.4 Å². The molecule has 0 radical (unpaired) electrons. The van der Waals surface area contributed by atoms with Gasteiger partial charge in [0.1, 0.15) is 5.75 Å². The number of para-hydroxylation sites is 2. The summed E-state index contributed by atoms with van der Waals surface area (Å²) in [6, 6.07) is 16.4. The maximum atomic E-state index is 12.5. The van der Waals surface area contributed by atoms with Crippen LogP contribution in [0.4, 0.5) is 5.69 Å². The highest BCUT2D eigenvalue weighted by Gasteiger charge is 2.18. The van der Waals surface area contributed by atoms with E-state index in [1.54, 1.807) is 6.07 Å². The number of amides is 2. The average molecular weight is 340 g/mol. The van der Waals surface area contributed by atoms with Crippen molar-refractivity contribution in [1.82, 2.24) is 5.32 Å². The smallest absolute Gasteiger partial charge is 0.226 e. The number of nitrogens with one attached hydrogen (secondary N) is 2. The fourth-order valence-corrected chi connectivity index (χ4v) is 2.48. The zero-order valence-corrected chi connectivity index (χ0v) is 14.6. The van der Waals surface area contributed by atoms with E-state index < -0.39 is 0 Å². The van der Waals surface area contributed by atoms with Crippen LogP contribution < -0.4 is 15.4 Å². The molecule has 2 aromatic carbocycles. The Balaban J connectivity index is 2.08. The van der Waals surface area contributed by atoms with Crippen molar-refractivity contribution in [2.75, 3.05) is 11.9 Å². The molecule has 2 rings (SSSR count). The van der Waals surface area contributed by atoms with Crippen LogP contribution in [0.3, 0.4) is 0 Å². The lowest BCUT2D eigenvalue weighted by molar-refractivity contribution is -0.120. The molecular formula is C20H24N2O3. The number of hydrogen-bond acceptors (Lipinski definition) is 3. The van der Waals surface area contributed by atoms with Crippen molar-refractivity contribution in [3.63, 3.8) is 0 Å². The minimum atomic E-state index is -0.373. The number of rotatable bonds is 8. The molecule has 0 heterocycles. The van der Waals surface area contributed by atoms with Crippen LogP contribution in [0.15, 0.2) is 54.6 Å². The number of hydrogen-bond donors (Lipinski definition) is 2. The lowest BCUT2D eigenvalue weighted by atomic mass is 10.0. The maximum Gasteiger partial charge on any atom is 0.226 e. The Morgan fingerprint density at radius 2 is 1.72 bits per heavy atom. The van der Waals surface area contributed by atoms with Gasteiger partial charge in [0.2, 0.25) is 11.8 Å². The Kier molecular flexibility index (Phi) is 7.01. The summed E-state index contributed by atoms with van der Waals surface area (Å²) < 4.78 is 5.66. The van der Waals surface area contributed by atoms with E-state index in [1.165, 1.54) is 6.92 Å². The van der Waals surface area contributed by atoms with Crippen molar-refractivity contribution >= 4 is 17.5 Å². The zero-order valence-electron chi connectivity index (χ0n) is 14.6. The summed E-state index contributed by atoms with van der Waals surface area (Å²) in [7, 11) is 0. The molecule has 2 amide bonds. The third-order valence-electron chi connectivity index (χ3n) is 3.59. The molecule has 0 aliphatic rings. The fourth-order valence-electron chi connectivity index (χ4n) is 2.48. The summed E-state index contributed by atoms with van der Waals surface area (Å²) in [5.41, 5.74) is 1.53. The number of anilines is 1. The minimum Gasteiger partial charge on any atom is -0.491 e. The number of carbonyl (C=O) groups is 2. The van der Waals surface area contributed by atoms with Gasteiger partial charge < -0.3 is 15.4 Å². The topological polar surface area (TPSA) is 67.4 Å². The maximum absolute atomic E-state index is 12.5. The molecule has 0 aromatic heterocycles. The van der Waals surface area contributed by atoms with Crippen LogP contribution in [-0.2, 0) is 9.59 Å². The highest BCUT2D eigenvalue weighted by molar-refractivity contribution is 5.93. The molecular weight excluding hydrogens is 316 g/mol. The highest BCUT2D eigenvalue weighted by Crippen LogP contribution is 2.25. The van der Waals surface area contributed by atoms with Gasteiger partial charge in [0.15, 0.2) is 0 Å². The van der Waals surface area contributed by atoms with Crippen molar-refractivity contribution in [1.29, 1.82) is 0 Å². The molecule has 0 aliphatic heterocycles. The van der Waals surface area contributed by atoms with Crippen molar-refractivity contribution < 1.29 is 14.3 Å².